The Labute approximate surface area is 208 Å². The van der Waals surface area contributed by atoms with Crippen molar-refractivity contribution in [3.8, 4) is 0 Å². The van der Waals surface area contributed by atoms with Crippen molar-refractivity contribution in [3.63, 3.8) is 0 Å². The summed E-state index contributed by atoms with van der Waals surface area (Å²) < 4.78 is 5.44. The first-order chi connectivity index (χ1) is 17.0. The summed E-state index contributed by atoms with van der Waals surface area (Å²) in [4.78, 5) is 37.9. The molecule has 11 nitrogen and oxygen atoms in total. The summed E-state index contributed by atoms with van der Waals surface area (Å²) in [7, 11) is 0. The second kappa shape index (κ2) is 14.2. The SMILES string of the molecule is [N-]=[N+]=Nc1ccc(/C=C/C(=O)NCCOCCNC(=O)CCCC[C@@H]2SC[C@@H]3NC(=O)N[C@@H]32)cc1. The van der Waals surface area contributed by atoms with Gasteiger partial charge in [0.1, 0.15) is 0 Å². The van der Waals surface area contributed by atoms with Gasteiger partial charge in [0.2, 0.25) is 11.8 Å². The number of carbonyl (C=O) groups is 3. The van der Waals surface area contributed by atoms with Crippen LogP contribution in [0, 0.1) is 0 Å². The van der Waals surface area contributed by atoms with Gasteiger partial charge in [0, 0.05) is 47.2 Å². The summed E-state index contributed by atoms with van der Waals surface area (Å²) in [6, 6.07) is 7.22. The molecule has 0 saturated carbocycles. The molecule has 0 aromatic heterocycles. The highest BCUT2D eigenvalue weighted by molar-refractivity contribution is 8.00. The summed E-state index contributed by atoms with van der Waals surface area (Å²) in [5.74, 6) is 0.719. The van der Waals surface area contributed by atoms with E-state index in [1.807, 2.05) is 11.8 Å². The number of thioether (sulfide) groups is 1. The molecule has 0 spiro atoms. The number of benzene rings is 1. The first-order valence-electron chi connectivity index (χ1n) is 11.7. The third-order valence-electron chi connectivity index (χ3n) is 5.68. The van der Waals surface area contributed by atoms with E-state index >= 15 is 0 Å². The molecule has 2 fully saturated rings. The fourth-order valence-electron chi connectivity index (χ4n) is 3.91. The molecule has 2 heterocycles. The van der Waals surface area contributed by atoms with Gasteiger partial charge in [-0.05, 0) is 30.0 Å². The Bertz CT molecular complexity index is 950. The number of rotatable bonds is 14. The lowest BCUT2D eigenvalue weighted by atomic mass is 10.0. The van der Waals surface area contributed by atoms with Gasteiger partial charge in [-0.15, -0.1) is 0 Å². The van der Waals surface area contributed by atoms with Crippen LogP contribution in [-0.4, -0.2) is 67.2 Å². The Morgan fingerprint density at radius 3 is 2.71 bits per heavy atom. The molecule has 1 aromatic rings. The Kier molecular flexibility index (Phi) is 10.7. The van der Waals surface area contributed by atoms with Crippen LogP contribution in [0.5, 0.6) is 0 Å². The summed E-state index contributed by atoms with van der Waals surface area (Å²) in [6.07, 6.45) is 6.34. The quantitative estimate of drug-likeness (QED) is 0.0769. The maximum atomic E-state index is 12.0. The van der Waals surface area contributed by atoms with Gasteiger partial charge in [-0.2, -0.15) is 11.8 Å². The van der Waals surface area contributed by atoms with Crippen molar-refractivity contribution >= 4 is 41.4 Å². The maximum absolute atomic E-state index is 12.0. The molecule has 0 unspecified atom stereocenters. The largest absolute Gasteiger partial charge is 0.378 e. The predicted molar refractivity (Wildman–Crippen MR) is 135 cm³/mol. The molecule has 12 heteroatoms. The van der Waals surface area contributed by atoms with Crippen LogP contribution in [0.1, 0.15) is 31.2 Å². The minimum Gasteiger partial charge on any atom is -0.378 e. The van der Waals surface area contributed by atoms with Crippen molar-refractivity contribution in [2.75, 3.05) is 32.1 Å². The third kappa shape index (κ3) is 9.16. The monoisotopic (exact) mass is 501 g/mol. The average Bonchev–Trinajstić information content (AvgIpc) is 3.40. The zero-order valence-corrected chi connectivity index (χ0v) is 20.3. The number of amides is 4. The Morgan fingerprint density at radius 1 is 1.17 bits per heavy atom. The van der Waals surface area contributed by atoms with Crippen molar-refractivity contribution in [1.82, 2.24) is 21.3 Å². The standard InChI is InChI=1S/C23H31N7O4S/c24-30-29-17-8-5-16(6-9-17)7-10-21(32)26-12-14-34-13-11-25-20(31)4-2-1-3-19-22-18(15-35-19)27-23(33)28-22/h5-10,18-19,22H,1-4,11-15H2,(H,25,31)(H,26,32)(H2,27,28,33)/b10-7+/t18-,19-,22-/m0/s1. The van der Waals surface area contributed by atoms with Crippen LogP contribution in [-0.2, 0) is 14.3 Å². The van der Waals surface area contributed by atoms with Crippen LogP contribution >= 0.6 is 11.8 Å². The Balaban J connectivity index is 1.14. The van der Waals surface area contributed by atoms with Crippen LogP contribution in [0.25, 0.3) is 16.5 Å². The van der Waals surface area contributed by atoms with Gasteiger partial charge in [0.05, 0.1) is 25.3 Å². The van der Waals surface area contributed by atoms with E-state index in [4.69, 9.17) is 10.3 Å². The van der Waals surface area contributed by atoms with Crippen LogP contribution < -0.4 is 21.3 Å². The van der Waals surface area contributed by atoms with Gasteiger partial charge in [-0.25, -0.2) is 4.79 Å². The van der Waals surface area contributed by atoms with Gasteiger partial charge in [0.15, 0.2) is 0 Å². The molecule has 0 radical (unpaired) electrons. The molecule has 3 rings (SSSR count). The molecule has 0 aliphatic carbocycles. The Hall–Kier alpha value is -3.21. The fraction of sp³-hybridized carbons (Fsp3) is 0.522. The van der Waals surface area contributed by atoms with Crippen molar-refractivity contribution in [3.05, 3.63) is 46.3 Å². The lowest BCUT2D eigenvalue weighted by Gasteiger charge is -2.16. The minimum absolute atomic E-state index is 0.00675. The lowest BCUT2D eigenvalue weighted by molar-refractivity contribution is -0.121. The molecule has 3 atom stereocenters. The zero-order valence-electron chi connectivity index (χ0n) is 19.4. The van der Waals surface area contributed by atoms with Crippen molar-refractivity contribution < 1.29 is 19.1 Å². The molecule has 4 amide bonds. The molecule has 4 N–H and O–H groups in total. The van der Waals surface area contributed by atoms with E-state index < -0.39 is 0 Å². The number of urea groups is 1. The number of azide groups is 1. The molecule has 2 aliphatic rings. The van der Waals surface area contributed by atoms with Gasteiger partial charge in [0.25, 0.3) is 0 Å². The van der Waals surface area contributed by atoms with E-state index in [2.05, 4.69) is 31.3 Å². The van der Waals surface area contributed by atoms with Gasteiger partial charge in [-0.1, -0.05) is 35.8 Å². The minimum atomic E-state index is -0.237. The maximum Gasteiger partial charge on any atom is 0.315 e. The van der Waals surface area contributed by atoms with Gasteiger partial charge in [-0.3, -0.25) is 9.59 Å². The number of ether oxygens (including phenoxy) is 1. The third-order valence-corrected chi connectivity index (χ3v) is 7.18. The first kappa shape index (κ1) is 26.4. The van der Waals surface area contributed by atoms with E-state index in [0.29, 0.717) is 43.7 Å². The van der Waals surface area contributed by atoms with E-state index in [9.17, 15) is 14.4 Å². The highest BCUT2D eigenvalue weighted by Gasteiger charge is 2.42. The first-order valence-corrected chi connectivity index (χ1v) is 12.7. The highest BCUT2D eigenvalue weighted by atomic mass is 32.2. The average molecular weight is 502 g/mol. The summed E-state index contributed by atoms with van der Waals surface area (Å²) in [6.45, 7) is 1.52. The number of unbranched alkanes of at least 4 members (excludes halogenated alkanes) is 1. The number of nitrogens with zero attached hydrogens (tertiary/aromatic N) is 3. The Morgan fingerprint density at radius 2 is 1.94 bits per heavy atom. The second-order valence-corrected chi connectivity index (χ2v) is 9.51. The topological polar surface area (TPSA) is 157 Å². The molecule has 0 bridgehead atoms. The summed E-state index contributed by atoms with van der Waals surface area (Å²) in [5.41, 5.74) is 9.72. The second-order valence-electron chi connectivity index (χ2n) is 8.24. The molecule has 35 heavy (non-hydrogen) atoms. The van der Waals surface area contributed by atoms with Crippen molar-refractivity contribution in [1.29, 1.82) is 0 Å². The normalized spacial score (nSPS) is 20.6. The lowest BCUT2D eigenvalue weighted by Crippen LogP contribution is -2.36. The van der Waals surface area contributed by atoms with Crippen LogP contribution in [0.15, 0.2) is 35.5 Å². The van der Waals surface area contributed by atoms with Crippen molar-refractivity contribution in [2.24, 2.45) is 5.11 Å². The number of hydrogen-bond donors (Lipinski definition) is 4. The number of nitrogens with one attached hydrogen (secondary N) is 4. The summed E-state index contributed by atoms with van der Waals surface area (Å²) >= 11 is 1.89. The molecule has 188 valence electrons. The van der Waals surface area contributed by atoms with E-state index in [1.54, 1.807) is 30.3 Å². The van der Waals surface area contributed by atoms with Crippen LogP contribution in [0.4, 0.5) is 10.5 Å². The smallest absolute Gasteiger partial charge is 0.315 e. The molecule has 2 aliphatic heterocycles. The zero-order chi connectivity index (χ0) is 24.9. The summed E-state index contributed by atoms with van der Waals surface area (Å²) in [5, 5.41) is 15.4. The highest BCUT2D eigenvalue weighted by Crippen LogP contribution is 2.33. The molecular formula is C23H31N7O4S. The van der Waals surface area contributed by atoms with Crippen molar-refractivity contribution in [2.45, 2.75) is 43.0 Å². The molecule has 1 aromatic carbocycles. The number of carbonyl (C=O) groups excluding carboxylic acids is 3. The molecule has 2 saturated heterocycles. The van der Waals surface area contributed by atoms with E-state index in [0.717, 1.165) is 30.6 Å². The van der Waals surface area contributed by atoms with E-state index in [-0.39, 0.29) is 29.9 Å². The van der Waals surface area contributed by atoms with Crippen LogP contribution in [0.3, 0.4) is 0 Å². The predicted octanol–water partition coefficient (Wildman–Crippen LogP) is 2.62. The number of hydrogen-bond acceptors (Lipinski definition) is 6. The van der Waals surface area contributed by atoms with E-state index in [1.165, 1.54) is 6.08 Å². The van der Waals surface area contributed by atoms with Crippen LogP contribution in [0.2, 0.25) is 0 Å². The van der Waals surface area contributed by atoms with Gasteiger partial charge < -0.3 is 26.0 Å². The molecular weight excluding hydrogens is 470 g/mol. The fourth-order valence-corrected chi connectivity index (χ4v) is 5.45. The number of fused-ring (bicyclic) bond motifs is 1. The van der Waals surface area contributed by atoms with Gasteiger partial charge >= 0.3 is 6.03 Å².